The molecule has 3 rings (SSSR count). The molecule has 1 amide bonds. The van der Waals surface area contributed by atoms with Crippen LogP contribution in [0.4, 0.5) is 14.5 Å². The van der Waals surface area contributed by atoms with E-state index in [0.717, 1.165) is 17.1 Å². The first-order chi connectivity index (χ1) is 14.0. The Morgan fingerprint density at radius 2 is 1.66 bits per heavy atom. The van der Waals surface area contributed by atoms with Gasteiger partial charge in [0.2, 0.25) is 5.91 Å². The highest BCUT2D eigenvalue weighted by Crippen LogP contribution is 2.22. The molecule has 5 nitrogen and oxygen atoms in total. The van der Waals surface area contributed by atoms with E-state index in [9.17, 15) is 13.6 Å². The zero-order chi connectivity index (χ0) is 20.6. The van der Waals surface area contributed by atoms with Crippen molar-refractivity contribution in [1.82, 2.24) is 14.8 Å². The fourth-order valence-corrected chi connectivity index (χ4v) is 4.30. The third kappa shape index (κ3) is 6.30. The van der Waals surface area contributed by atoms with Gasteiger partial charge in [-0.2, -0.15) is 0 Å². The van der Waals surface area contributed by atoms with Crippen LogP contribution in [0.5, 0.6) is 0 Å². The summed E-state index contributed by atoms with van der Waals surface area (Å²) in [5.41, 5.74) is 1.60. The molecule has 152 valence electrons. The number of benzene rings is 2. The van der Waals surface area contributed by atoms with Crippen LogP contribution in [0, 0.1) is 11.6 Å². The summed E-state index contributed by atoms with van der Waals surface area (Å²) >= 11 is 2.98. The molecular weight excluding hydrogens is 414 g/mol. The lowest BCUT2D eigenvalue weighted by Gasteiger charge is -2.08. The van der Waals surface area contributed by atoms with Gasteiger partial charge in [-0.25, -0.2) is 8.78 Å². The maximum atomic E-state index is 13.0. The van der Waals surface area contributed by atoms with Crippen molar-refractivity contribution in [3.63, 3.8) is 0 Å². The highest BCUT2D eigenvalue weighted by atomic mass is 32.2. The van der Waals surface area contributed by atoms with Gasteiger partial charge in [-0.3, -0.25) is 4.79 Å². The average molecular weight is 435 g/mol. The second kappa shape index (κ2) is 10.4. The Morgan fingerprint density at radius 3 is 2.31 bits per heavy atom. The number of halogens is 2. The van der Waals surface area contributed by atoms with Gasteiger partial charge < -0.3 is 9.88 Å². The lowest BCUT2D eigenvalue weighted by Crippen LogP contribution is -2.14. The van der Waals surface area contributed by atoms with Crippen molar-refractivity contribution in [2.24, 2.45) is 0 Å². The van der Waals surface area contributed by atoms with E-state index in [1.165, 1.54) is 48.2 Å². The van der Waals surface area contributed by atoms with Gasteiger partial charge in [-0.05, 0) is 48.9 Å². The molecule has 0 radical (unpaired) electrons. The van der Waals surface area contributed by atoms with Crippen LogP contribution in [0.2, 0.25) is 0 Å². The van der Waals surface area contributed by atoms with E-state index >= 15 is 0 Å². The number of amides is 1. The van der Waals surface area contributed by atoms with Gasteiger partial charge in [0.05, 0.1) is 11.5 Å². The lowest BCUT2D eigenvalue weighted by atomic mass is 10.2. The van der Waals surface area contributed by atoms with Crippen LogP contribution in [-0.2, 0) is 22.8 Å². The highest BCUT2D eigenvalue weighted by molar-refractivity contribution is 7.99. The number of thioether (sulfide) groups is 2. The number of hydrogen-bond donors (Lipinski definition) is 1. The van der Waals surface area contributed by atoms with Crippen LogP contribution in [0.3, 0.4) is 0 Å². The average Bonchev–Trinajstić information content (AvgIpc) is 3.11. The monoisotopic (exact) mass is 434 g/mol. The molecule has 3 aromatic rings. The third-order valence-electron chi connectivity index (χ3n) is 3.98. The van der Waals surface area contributed by atoms with Gasteiger partial charge in [0.25, 0.3) is 0 Å². The van der Waals surface area contributed by atoms with Crippen molar-refractivity contribution < 1.29 is 13.6 Å². The molecule has 0 bridgehead atoms. The molecule has 0 spiro atoms. The molecule has 1 N–H and O–H groups in total. The van der Waals surface area contributed by atoms with Gasteiger partial charge in [0, 0.05) is 18.0 Å². The van der Waals surface area contributed by atoms with Crippen LogP contribution in [-0.4, -0.2) is 26.4 Å². The Kier molecular flexibility index (Phi) is 7.65. The maximum absolute atomic E-state index is 13.0. The Labute approximate surface area is 176 Å². The number of rotatable bonds is 9. The summed E-state index contributed by atoms with van der Waals surface area (Å²) in [4.78, 5) is 12.1. The molecule has 0 aliphatic carbocycles. The fraction of sp³-hybridized carbons (Fsp3) is 0.250. The molecule has 29 heavy (non-hydrogen) atoms. The summed E-state index contributed by atoms with van der Waals surface area (Å²) in [6.45, 7) is 2.70. The van der Waals surface area contributed by atoms with Gasteiger partial charge >= 0.3 is 0 Å². The number of carbonyl (C=O) groups is 1. The molecule has 0 fully saturated rings. The van der Waals surface area contributed by atoms with Crippen molar-refractivity contribution >= 4 is 35.1 Å². The minimum Gasteiger partial charge on any atom is -0.325 e. The second-order valence-corrected chi connectivity index (χ2v) is 8.03. The van der Waals surface area contributed by atoms with Gasteiger partial charge in [-0.1, -0.05) is 23.9 Å². The topological polar surface area (TPSA) is 59.8 Å². The van der Waals surface area contributed by atoms with Crippen molar-refractivity contribution in [2.75, 3.05) is 11.1 Å². The highest BCUT2D eigenvalue weighted by Gasteiger charge is 2.13. The van der Waals surface area contributed by atoms with Crippen LogP contribution in [0.1, 0.15) is 18.3 Å². The fourth-order valence-electron chi connectivity index (χ4n) is 2.55. The largest absolute Gasteiger partial charge is 0.325 e. The molecule has 0 saturated heterocycles. The number of nitrogens with one attached hydrogen (secondary N) is 1. The molecule has 0 unspecified atom stereocenters. The summed E-state index contributed by atoms with van der Waals surface area (Å²) in [5.74, 6) is 1.64. The Hall–Kier alpha value is -2.39. The summed E-state index contributed by atoms with van der Waals surface area (Å²) in [5, 5.41) is 11.8. The Bertz CT molecular complexity index is 946. The number of aromatic nitrogens is 3. The smallest absolute Gasteiger partial charge is 0.234 e. The second-order valence-electron chi connectivity index (χ2n) is 6.11. The van der Waals surface area contributed by atoms with Crippen LogP contribution in [0.15, 0.2) is 53.7 Å². The van der Waals surface area contributed by atoms with Gasteiger partial charge in [0.1, 0.15) is 17.5 Å². The molecule has 1 heterocycles. The number of carbonyl (C=O) groups excluding carboxylic acids is 1. The van der Waals surface area contributed by atoms with Crippen molar-refractivity contribution in [1.29, 1.82) is 0 Å². The quantitative estimate of drug-likeness (QED) is 0.493. The van der Waals surface area contributed by atoms with Crippen molar-refractivity contribution in [3.8, 4) is 0 Å². The number of nitrogens with zero attached hydrogens (tertiary/aromatic N) is 3. The maximum Gasteiger partial charge on any atom is 0.234 e. The van der Waals surface area contributed by atoms with E-state index in [0.29, 0.717) is 23.1 Å². The van der Waals surface area contributed by atoms with Gasteiger partial charge in [-0.15, -0.1) is 22.0 Å². The zero-order valence-corrected chi connectivity index (χ0v) is 17.4. The normalized spacial score (nSPS) is 10.9. The first-order valence-electron chi connectivity index (χ1n) is 8.97. The van der Waals surface area contributed by atoms with E-state index in [4.69, 9.17) is 0 Å². The summed E-state index contributed by atoms with van der Waals surface area (Å²) in [7, 11) is 0. The van der Waals surface area contributed by atoms with E-state index in [-0.39, 0.29) is 23.3 Å². The van der Waals surface area contributed by atoms with Crippen LogP contribution in [0.25, 0.3) is 0 Å². The standard InChI is InChI=1S/C20H20F2N4OS2/c1-2-26-18(12-28-11-14-3-5-15(21)6-4-14)24-25-20(26)29-13-19(27)23-17-9-7-16(22)8-10-17/h3-10H,2,11-13H2,1H3,(H,23,27). The molecule has 1 aromatic heterocycles. The SMILES string of the molecule is CCn1c(CSCc2ccc(F)cc2)nnc1SCC(=O)Nc1ccc(F)cc1. The molecule has 2 aromatic carbocycles. The zero-order valence-electron chi connectivity index (χ0n) is 15.8. The molecule has 9 heteroatoms. The molecule has 0 aliphatic heterocycles. The molecule has 0 atom stereocenters. The molecular formula is C20H20F2N4OS2. The van der Waals surface area contributed by atoms with E-state index in [1.807, 2.05) is 11.5 Å². The minimum absolute atomic E-state index is 0.179. The Balaban J connectivity index is 1.51. The Morgan fingerprint density at radius 1 is 1.00 bits per heavy atom. The summed E-state index contributed by atoms with van der Waals surface area (Å²) < 4.78 is 27.9. The van der Waals surface area contributed by atoms with E-state index < -0.39 is 0 Å². The summed E-state index contributed by atoms with van der Waals surface area (Å²) in [6.07, 6.45) is 0. The van der Waals surface area contributed by atoms with Crippen molar-refractivity contribution in [3.05, 3.63) is 71.6 Å². The van der Waals surface area contributed by atoms with Crippen LogP contribution >= 0.6 is 23.5 Å². The van der Waals surface area contributed by atoms with E-state index in [1.54, 1.807) is 23.9 Å². The first kappa shape index (κ1) is 21.3. The first-order valence-corrected chi connectivity index (χ1v) is 11.1. The summed E-state index contributed by atoms with van der Waals surface area (Å²) in [6, 6.07) is 12.1. The van der Waals surface area contributed by atoms with Crippen LogP contribution < -0.4 is 5.32 Å². The predicted molar refractivity (Wildman–Crippen MR) is 113 cm³/mol. The number of hydrogen-bond acceptors (Lipinski definition) is 5. The number of anilines is 1. The molecule has 0 aliphatic rings. The lowest BCUT2D eigenvalue weighted by molar-refractivity contribution is -0.113. The predicted octanol–water partition coefficient (Wildman–Crippen LogP) is 4.74. The van der Waals surface area contributed by atoms with E-state index in [2.05, 4.69) is 15.5 Å². The minimum atomic E-state index is -0.349. The van der Waals surface area contributed by atoms with Gasteiger partial charge in [0.15, 0.2) is 5.16 Å². The third-order valence-corrected chi connectivity index (χ3v) is 5.95. The van der Waals surface area contributed by atoms with Crippen molar-refractivity contribution in [2.45, 2.75) is 30.1 Å². The molecule has 0 saturated carbocycles.